The summed E-state index contributed by atoms with van der Waals surface area (Å²) in [6.07, 6.45) is 0. The number of nitrogens with zero attached hydrogens (tertiary/aromatic N) is 9. The second kappa shape index (κ2) is 29.4. The highest BCUT2D eigenvalue weighted by Gasteiger charge is 2.41. The van der Waals surface area contributed by atoms with Crippen molar-refractivity contribution < 1.29 is 13.3 Å². The zero-order valence-corrected chi connectivity index (χ0v) is 74.2. The Labute approximate surface area is 776 Å². The number of aromatic nitrogens is 3. The molecule has 6 heterocycles. The van der Waals surface area contributed by atoms with Gasteiger partial charge in [-0.25, -0.2) is 19.4 Å². The van der Waals surface area contributed by atoms with Crippen LogP contribution in [0.3, 0.4) is 0 Å². The van der Waals surface area contributed by atoms with Gasteiger partial charge in [0.05, 0.1) is 93.6 Å². The molecule has 0 N–H and O–H groups in total. The largest absolute Gasteiger partial charge is 0.455 e. The van der Waals surface area contributed by atoms with Crippen LogP contribution in [0.2, 0.25) is 0 Å². The molecule has 0 amide bonds. The molecule has 0 aliphatic heterocycles. The fourth-order valence-electron chi connectivity index (χ4n) is 22.6. The van der Waals surface area contributed by atoms with Crippen molar-refractivity contribution in [3.05, 3.63) is 436 Å². The third-order valence-electron chi connectivity index (χ3n) is 28.9. The first kappa shape index (κ1) is 78.9. The van der Waals surface area contributed by atoms with E-state index >= 15 is 0 Å². The summed E-state index contributed by atoms with van der Waals surface area (Å²) >= 11 is 0. The summed E-state index contributed by atoms with van der Waals surface area (Å²) in [4.78, 5) is 14.8. The number of nitriles is 2. The van der Waals surface area contributed by atoms with Crippen LogP contribution in [-0.2, 0) is 16.2 Å². The zero-order valence-electron chi connectivity index (χ0n) is 74.2. The molecule has 18 aromatic carbocycles. The number of benzene rings is 18. The number of hydrogen-bond donors (Lipinski definition) is 0. The molecule has 0 unspecified atom stereocenters. The van der Waals surface area contributed by atoms with Gasteiger partial charge in [0.1, 0.15) is 39.6 Å². The topological polar surface area (TPSA) is 119 Å². The standard InChI is InChI=1S/3C41H25N3O/c1-41(2)33-11-7-5-10-29(33)39-34(41)17-16-28-32-21-24(13-20-38(32)45-40(28)39)30-22-25(42-3)14-18-36(30)44-35-12-8-6-9-27(35)31-23-26(43-4)15-19-37(31)44;1-41(2)33-13-6-4-11-30(33)38-34(41)18-17-29-32-21-24(15-20-37(32)45-40(29)38)27-12-8-9-25(23-42)39(27)44-35-14-7-5-10-28(35)31-22-26(43-3)16-19-36(31)44;1-41(2)33-10-6-4-9-30(33)39-34(41)17-16-29-32-21-25(13-19-38(32)45-40(29)39)27-15-12-24(23-42)20-37(27)44-35-11-7-5-8-28(35)31-22-26(43-3)14-18-36(31)44/h5-23H,1-2H3;2*4-22H,1-2H3. The molecular weight excluding hydrogens is 1650 g/mol. The second-order valence-corrected chi connectivity index (χ2v) is 37.0. The summed E-state index contributed by atoms with van der Waals surface area (Å²) in [5, 5.41) is 33.0. The molecule has 0 bridgehead atoms. The lowest BCUT2D eigenvalue weighted by Gasteiger charge is -2.21. The molecule has 3 aliphatic rings. The van der Waals surface area contributed by atoms with Crippen molar-refractivity contribution in [3.63, 3.8) is 0 Å². The van der Waals surface area contributed by atoms with Crippen LogP contribution in [-0.4, -0.2) is 13.7 Å². The van der Waals surface area contributed by atoms with Crippen LogP contribution < -0.4 is 0 Å². The molecule has 0 fully saturated rings. The zero-order chi connectivity index (χ0) is 91.3. The molecule has 27 rings (SSSR count). The molecular formula is C123H75N9O3. The van der Waals surface area contributed by atoms with Crippen molar-refractivity contribution in [2.24, 2.45) is 0 Å². The van der Waals surface area contributed by atoms with Gasteiger partial charge in [-0.3, -0.25) is 0 Å². The smallest absolute Gasteiger partial charge is 0.188 e. The Morgan fingerprint density at radius 2 is 0.607 bits per heavy atom. The molecule has 12 nitrogen and oxygen atoms in total. The Balaban J connectivity index is 0.000000108. The third kappa shape index (κ3) is 11.5. The minimum absolute atomic E-state index is 0.0977. The minimum atomic E-state index is -0.102. The van der Waals surface area contributed by atoms with E-state index < -0.39 is 0 Å². The van der Waals surface area contributed by atoms with Crippen molar-refractivity contribution in [3.8, 4) is 96.0 Å². The monoisotopic (exact) mass is 1730 g/mol. The number of para-hydroxylation sites is 4. The lowest BCUT2D eigenvalue weighted by atomic mass is 9.82. The van der Waals surface area contributed by atoms with Gasteiger partial charge in [-0.2, -0.15) is 10.5 Å². The number of hydrogen-bond acceptors (Lipinski definition) is 5. The SMILES string of the molecule is [C-]#[N+]c1ccc(-n2c3ccccc3c3cc([N+]#[C-])ccc32)c(-c2ccc3oc4c5c(ccc4c3c2)C(C)(C)c2ccccc2-5)c1.[C-]#[N+]c1ccc2c(c1)c1ccccc1n2-c1c(C#N)cccc1-c1ccc2oc3c4c(ccc3c2c1)C(C)(C)c1ccccc1-4.[C-]#[N+]c1ccc2c(c1)c1ccccc1n2-c1cc(C#N)ccc1-c1ccc2oc3c4c(ccc3c2c1)C(C)(C)c1ccccc1-4. The molecule has 3 aliphatic carbocycles. The molecule has 0 spiro atoms. The maximum atomic E-state index is 10.4. The maximum absolute atomic E-state index is 10.4. The highest BCUT2D eigenvalue weighted by atomic mass is 16.3. The lowest BCUT2D eigenvalue weighted by Crippen LogP contribution is -2.14. The van der Waals surface area contributed by atoms with Gasteiger partial charge in [0.15, 0.2) is 22.7 Å². The average molecular weight is 1730 g/mol. The predicted molar refractivity (Wildman–Crippen MR) is 548 cm³/mol. The van der Waals surface area contributed by atoms with Crippen LogP contribution in [0.4, 0.5) is 22.7 Å². The van der Waals surface area contributed by atoms with Crippen LogP contribution in [0, 0.1) is 49.0 Å². The van der Waals surface area contributed by atoms with Gasteiger partial charge in [-0.1, -0.05) is 266 Å². The van der Waals surface area contributed by atoms with Crippen LogP contribution in [0.5, 0.6) is 0 Å². The molecule has 0 radical (unpaired) electrons. The third-order valence-corrected chi connectivity index (χ3v) is 28.9. The van der Waals surface area contributed by atoms with Gasteiger partial charge in [0.2, 0.25) is 0 Å². The highest BCUT2D eigenvalue weighted by molar-refractivity contribution is 6.19. The van der Waals surface area contributed by atoms with E-state index in [1.807, 2.05) is 140 Å². The molecule has 630 valence electrons. The van der Waals surface area contributed by atoms with Crippen LogP contribution in [0.1, 0.15) is 86.1 Å². The minimum Gasteiger partial charge on any atom is -0.455 e. The van der Waals surface area contributed by atoms with E-state index in [4.69, 9.17) is 39.5 Å². The maximum Gasteiger partial charge on any atom is 0.188 e. The summed E-state index contributed by atoms with van der Waals surface area (Å²) in [6, 6.07) is 123. The van der Waals surface area contributed by atoms with E-state index in [0.717, 1.165) is 182 Å². The Hall–Kier alpha value is -18.3. The average Bonchev–Trinajstić information content (AvgIpc) is 1.57. The number of fused-ring (bicyclic) bond motifs is 30. The van der Waals surface area contributed by atoms with Crippen molar-refractivity contribution in [2.75, 3.05) is 0 Å². The van der Waals surface area contributed by atoms with Gasteiger partial charge < -0.3 is 27.0 Å². The van der Waals surface area contributed by atoms with Gasteiger partial charge in [0.25, 0.3) is 0 Å². The first-order valence-corrected chi connectivity index (χ1v) is 45.1. The van der Waals surface area contributed by atoms with Crippen LogP contribution >= 0.6 is 0 Å². The van der Waals surface area contributed by atoms with Crippen molar-refractivity contribution in [1.82, 2.24) is 13.7 Å². The molecule has 24 aromatic rings. The second-order valence-electron chi connectivity index (χ2n) is 37.0. The van der Waals surface area contributed by atoms with Crippen molar-refractivity contribution in [1.29, 1.82) is 10.5 Å². The lowest BCUT2D eigenvalue weighted by molar-refractivity contribution is 0.653. The fraction of sp³-hybridized carbons (Fsp3) is 0.0732. The molecule has 12 heteroatoms. The molecule has 6 aromatic heterocycles. The summed E-state index contributed by atoms with van der Waals surface area (Å²) in [7, 11) is 0. The van der Waals surface area contributed by atoms with Crippen LogP contribution in [0.25, 0.3) is 234 Å². The molecule has 135 heavy (non-hydrogen) atoms. The fourth-order valence-corrected chi connectivity index (χ4v) is 22.6. The Morgan fingerprint density at radius 1 is 0.252 bits per heavy atom. The highest BCUT2D eigenvalue weighted by Crippen LogP contribution is 2.58. The summed E-state index contributed by atoms with van der Waals surface area (Å²) in [5.74, 6) is 0. The molecule has 0 saturated carbocycles. The van der Waals surface area contributed by atoms with Gasteiger partial charge in [-0.15, -0.1) is 0 Å². The van der Waals surface area contributed by atoms with Gasteiger partial charge in [0, 0.05) is 92.5 Å². The summed E-state index contributed by atoms with van der Waals surface area (Å²) < 4.78 is 26.6. The Morgan fingerprint density at radius 3 is 1.03 bits per heavy atom. The Kier molecular flexibility index (Phi) is 17.2. The summed E-state index contributed by atoms with van der Waals surface area (Å²) in [6.45, 7) is 44.3. The first-order valence-electron chi connectivity index (χ1n) is 45.1. The number of furan rings is 3. The van der Waals surface area contributed by atoms with E-state index in [9.17, 15) is 10.5 Å². The first-order chi connectivity index (χ1) is 65.9. The van der Waals surface area contributed by atoms with E-state index in [0.29, 0.717) is 33.9 Å². The quantitative estimate of drug-likeness (QED) is 0.154. The predicted octanol–water partition coefficient (Wildman–Crippen LogP) is 33.9. The van der Waals surface area contributed by atoms with Gasteiger partial charge >= 0.3 is 0 Å². The summed E-state index contributed by atoms with van der Waals surface area (Å²) in [5.41, 5.74) is 38.4. The van der Waals surface area contributed by atoms with E-state index in [2.05, 4.69) is 293 Å². The van der Waals surface area contributed by atoms with Crippen LogP contribution in [0.15, 0.2) is 359 Å². The normalized spacial score (nSPS) is 13.2. The van der Waals surface area contributed by atoms with E-state index in [1.165, 1.54) is 66.8 Å². The van der Waals surface area contributed by atoms with Crippen molar-refractivity contribution >= 4 is 154 Å². The van der Waals surface area contributed by atoms with Gasteiger partial charge in [-0.05, 0) is 210 Å². The number of rotatable bonds is 6. The van der Waals surface area contributed by atoms with E-state index in [-0.39, 0.29) is 16.2 Å². The Bertz CT molecular complexity index is 9540. The molecule has 0 atom stereocenters. The molecule has 0 saturated heterocycles. The van der Waals surface area contributed by atoms with E-state index in [1.54, 1.807) is 0 Å². The van der Waals surface area contributed by atoms with Crippen molar-refractivity contribution in [2.45, 2.75) is 57.8 Å².